The maximum Gasteiger partial charge on any atom is 0.251 e. The third-order valence-corrected chi connectivity index (χ3v) is 5.89. The van der Waals surface area contributed by atoms with Gasteiger partial charge >= 0.3 is 0 Å². The van der Waals surface area contributed by atoms with E-state index in [1.165, 1.54) is 5.56 Å². The predicted octanol–water partition coefficient (Wildman–Crippen LogP) is 3.99. The lowest BCUT2D eigenvalue weighted by Crippen LogP contribution is -2.49. The van der Waals surface area contributed by atoms with Gasteiger partial charge in [0.15, 0.2) is 0 Å². The van der Waals surface area contributed by atoms with E-state index in [4.69, 9.17) is 4.74 Å². The van der Waals surface area contributed by atoms with Crippen LogP contribution in [0.3, 0.4) is 0 Å². The summed E-state index contributed by atoms with van der Waals surface area (Å²) in [5.41, 5.74) is 1.87. The Kier molecular flexibility index (Phi) is 9.43. The molecule has 1 N–H and O–H groups in total. The van der Waals surface area contributed by atoms with Crippen molar-refractivity contribution < 1.29 is 9.53 Å². The van der Waals surface area contributed by atoms with Gasteiger partial charge in [-0.3, -0.25) is 9.69 Å². The van der Waals surface area contributed by atoms with Crippen LogP contribution in [-0.2, 0) is 0 Å². The van der Waals surface area contributed by atoms with E-state index in [9.17, 15) is 4.79 Å². The highest BCUT2D eigenvalue weighted by molar-refractivity contribution is 9.10. The van der Waals surface area contributed by atoms with Crippen molar-refractivity contribution in [3.8, 4) is 5.75 Å². The number of carbonyl (C=O) groups excluding carboxylic acids is 1. The number of benzene rings is 2. The molecule has 1 aliphatic heterocycles. The molecule has 1 fully saturated rings. The molecule has 2 aromatic carbocycles. The van der Waals surface area contributed by atoms with Crippen LogP contribution in [0.5, 0.6) is 5.75 Å². The molecule has 158 valence electrons. The fourth-order valence-corrected chi connectivity index (χ4v) is 3.83. The van der Waals surface area contributed by atoms with E-state index >= 15 is 0 Å². The lowest BCUT2D eigenvalue weighted by Gasteiger charge is -2.39. The minimum atomic E-state index is -0.0433. The second-order valence-electron chi connectivity index (χ2n) is 6.98. The average Bonchev–Trinajstić information content (AvgIpc) is 2.75. The van der Waals surface area contributed by atoms with Crippen LogP contribution >= 0.6 is 28.3 Å². The molecule has 1 amide bonds. The molecule has 0 radical (unpaired) electrons. The first-order valence-corrected chi connectivity index (χ1v) is 10.5. The van der Waals surface area contributed by atoms with Gasteiger partial charge in [-0.05, 0) is 48.5 Å². The van der Waals surface area contributed by atoms with E-state index in [-0.39, 0.29) is 24.4 Å². The average molecular weight is 483 g/mol. The fraction of sp³-hybridized carbons (Fsp3) is 0.409. The number of piperazine rings is 1. The number of carbonyl (C=O) groups is 1. The Balaban J connectivity index is 0.00000300. The van der Waals surface area contributed by atoms with Crippen molar-refractivity contribution in [3.05, 3.63) is 64.1 Å². The standard InChI is InChI=1S/C22H28BrN3O2.ClH/c1-3-25-12-14-26(15-13-25)21(17-6-10-20(28-2)11-7-17)16-24-22(27)18-4-8-19(23)9-5-18;/h4-11,21H,3,12-16H2,1-2H3,(H,24,27);1H. The van der Waals surface area contributed by atoms with E-state index in [1.807, 2.05) is 36.4 Å². The van der Waals surface area contributed by atoms with Gasteiger partial charge in [0.1, 0.15) is 5.75 Å². The summed E-state index contributed by atoms with van der Waals surface area (Å²) in [6, 6.07) is 15.8. The van der Waals surface area contributed by atoms with Gasteiger partial charge in [0.05, 0.1) is 13.2 Å². The molecule has 2 aromatic rings. The van der Waals surface area contributed by atoms with Gasteiger partial charge < -0.3 is 15.0 Å². The third-order valence-electron chi connectivity index (χ3n) is 5.36. The lowest BCUT2D eigenvalue weighted by atomic mass is 10.0. The van der Waals surface area contributed by atoms with Crippen LogP contribution in [0.25, 0.3) is 0 Å². The molecule has 29 heavy (non-hydrogen) atoms. The molecule has 0 saturated carbocycles. The summed E-state index contributed by atoms with van der Waals surface area (Å²) < 4.78 is 6.26. The summed E-state index contributed by atoms with van der Waals surface area (Å²) in [6.07, 6.45) is 0. The largest absolute Gasteiger partial charge is 0.497 e. The van der Waals surface area contributed by atoms with Gasteiger partial charge in [0, 0.05) is 42.8 Å². The Hall–Kier alpha value is -1.60. The van der Waals surface area contributed by atoms with Gasteiger partial charge in [-0.15, -0.1) is 12.4 Å². The van der Waals surface area contributed by atoms with E-state index in [0.29, 0.717) is 12.1 Å². The van der Waals surface area contributed by atoms with Crippen LogP contribution in [0, 0.1) is 0 Å². The summed E-state index contributed by atoms with van der Waals surface area (Å²) >= 11 is 3.41. The zero-order chi connectivity index (χ0) is 19.9. The smallest absolute Gasteiger partial charge is 0.251 e. The van der Waals surface area contributed by atoms with E-state index in [2.05, 4.69) is 50.1 Å². The van der Waals surface area contributed by atoms with Gasteiger partial charge in [-0.1, -0.05) is 35.0 Å². The quantitative estimate of drug-likeness (QED) is 0.648. The maximum absolute atomic E-state index is 12.6. The Morgan fingerprint density at radius 2 is 1.69 bits per heavy atom. The number of ether oxygens (including phenoxy) is 1. The SMILES string of the molecule is CCN1CCN(C(CNC(=O)c2ccc(Br)cc2)c2ccc(OC)cc2)CC1.Cl. The van der Waals surface area contributed by atoms with Crippen LogP contribution in [0.2, 0.25) is 0 Å². The topological polar surface area (TPSA) is 44.8 Å². The number of methoxy groups -OCH3 is 1. The summed E-state index contributed by atoms with van der Waals surface area (Å²) in [5, 5.41) is 3.13. The van der Waals surface area contributed by atoms with E-state index in [1.54, 1.807) is 7.11 Å². The van der Waals surface area contributed by atoms with Crippen molar-refractivity contribution in [2.75, 3.05) is 46.4 Å². The highest BCUT2D eigenvalue weighted by atomic mass is 79.9. The highest BCUT2D eigenvalue weighted by Crippen LogP contribution is 2.24. The molecule has 0 aliphatic carbocycles. The Labute approximate surface area is 187 Å². The van der Waals surface area contributed by atoms with Crippen molar-refractivity contribution in [1.82, 2.24) is 15.1 Å². The van der Waals surface area contributed by atoms with Gasteiger partial charge in [0.2, 0.25) is 0 Å². The zero-order valence-electron chi connectivity index (χ0n) is 16.9. The molecule has 0 bridgehead atoms. The molecule has 1 saturated heterocycles. The van der Waals surface area contributed by atoms with Crippen molar-refractivity contribution in [3.63, 3.8) is 0 Å². The van der Waals surface area contributed by atoms with Crippen molar-refractivity contribution in [2.45, 2.75) is 13.0 Å². The van der Waals surface area contributed by atoms with Crippen LogP contribution in [0.15, 0.2) is 53.0 Å². The number of halogens is 2. The minimum Gasteiger partial charge on any atom is -0.497 e. The normalized spacial score (nSPS) is 16.0. The van der Waals surface area contributed by atoms with E-state index in [0.717, 1.165) is 42.9 Å². The summed E-state index contributed by atoms with van der Waals surface area (Å²) in [4.78, 5) is 17.5. The zero-order valence-corrected chi connectivity index (χ0v) is 19.3. The Morgan fingerprint density at radius 3 is 2.24 bits per heavy atom. The van der Waals surface area contributed by atoms with Gasteiger partial charge in [-0.2, -0.15) is 0 Å². The van der Waals surface area contributed by atoms with Crippen LogP contribution in [-0.4, -0.2) is 62.1 Å². The first-order chi connectivity index (χ1) is 13.6. The highest BCUT2D eigenvalue weighted by Gasteiger charge is 2.25. The summed E-state index contributed by atoms with van der Waals surface area (Å²) in [6.45, 7) is 7.98. The molecule has 0 spiro atoms. The minimum absolute atomic E-state index is 0. The number of amides is 1. The molecule has 1 unspecified atom stereocenters. The molecule has 1 heterocycles. The first kappa shape index (κ1) is 23.7. The molecule has 5 nitrogen and oxygen atoms in total. The molecule has 0 aromatic heterocycles. The van der Waals surface area contributed by atoms with Crippen molar-refractivity contribution in [2.24, 2.45) is 0 Å². The van der Waals surface area contributed by atoms with Gasteiger partial charge in [0.25, 0.3) is 5.91 Å². The number of hydrogen-bond acceptors (Lipinski definition) is 4. The fourth-order valence-electron chi connectivity index (χ4n) is 3.57. The van der Waals surface area contributed by atoms with Crippen LogP contribution in [0.1, 0.15) is 28.9 Å². The molecular weight excluding hydrogens is 454 g/mol. The van der Waals surface area contributed by atoms with E-state index < -0.39 is 0 Å². The third kappa shape index (κ3) is 6.44. The molecule has 1 aliphatic rings. The first-order valence-electron chi connectivity index (χ1n) is 9.75. The number of rotatable bonds is 7. The predicted molar refractivity (Wildman–Crippen MR) is 123 cm³/mol. The lowest BCUT2D eigenvalue weighted by molar-refractivity contribution is 0.0855. The molecular formula is C22H29BrClN3O2. The van der Waals surface area contributed by atoms with Crippen molar-refractivity contribution >= 4 is 34.2 Å². The second-order valence-corrected chi connectivity index (χ2v) is 7.89. The second kappa shape index (κ2) is 11.6. The Bertz CT molecular complexity index is 763. The summed E-state index contributed by atoms with van der Waals surface area (Å²) in [5.74, 6) is 0.801. The monoisotopic (exact) mass is 481 g/mol. The van der Waals surface area contributed by atoms with Gasteiger partial charge in [-0.25, -0.2) is 0 Å². The van der Waals surface area contributed by atoms with Crippen LogP contribution in [0.4, 0.5) is 0 Å². The number of nitrogens with zero attached hydrogens (tertiary/aromatic N) is 2. The maximum atomic E-state index is 12.6. The number of likely N-dealkylation sites (N-methyl/N-ethyl adjacent to an activating group) is 1. The molecule has 1 atom stereocenters. The van der Waals surface area contributed by atoms with Crippen molar-refractivity contribution in [1.29, 1.82) is 0 Å². The number of hydrogen-bond donors (Lipinski definition) is 1. The number of nitrogens with one attached hydrogen (secondary N) is 1. The summed E-state index contributed by atoms with van der Waals surface area (Å²) in [7, 11) is 1.68. The Morgan fingerprint density at radius 1 is 1.07 bits per heavy atom. The molecule has 7 heteroatoms. The molecule has 3 rings (SSSR count). The van der Waals surface area contributed by atoms with Crippen LogP contribution < -0.4 is 10.1 Å².